The summed E-state index contributed by atoms with van der Waals surface area (Å²) in [4.78, 5) is 0. The predicted octanol–water partition coefficient (Wildman–Crippen LogP) is 3.31. The maximum absolute atomic E-state index is 13.2. The van der Waals surface area contributed by atoms with Gasteiger partial charge in [0.2, 0.25) is 0 Å². The number of hydrogen-bond donors (Lipinski definition) is 1. The van der Waals surface area contributed by atoms with Gasteiger partial charge in [0, 0.05) is 6.04 Å². The summed E-state index contributed by atoms with van der Waals surface area (Å²) in [7, 11) is 0. The fourth-order valence-electron chi connectivity index (χ4n) is 1.60. The van der Waals surface area contributed by atoms with Crippen molar-refractivity contribution in [3.63, 3.8) is 0 Å². The van der Waals surface area contributed by atoms with Crippen LogP contribution in [0.25, 0.3) is 0 Å². The van der Waals surface area contributed by atoms with Gasteiger partial charge in [0.25, 0.3) is 0 Å². The summed E-state index contributed by atoms with van der Waals surface area (Å²) < 4.78 is 38.7. The Hall–Kier alpha value is -1.19. The van der Waals surface area contributed by atoms with Crippen LogP contribution in [0.2, 0.25) is 0 Å². The highest BCUT2D eigenvalue weighted by Crippen LogP contribution is 2.34. The first-order valence-electron chi connectivity index (χ1n) is 4.99. The normalized spacial score (nSPS) is 17.6. The minimum absolute atomic E-state index is 0.0355. The second-order valence-electron chi connectivity index (χ2n) is 3.99. The van der Waals surface area contributed by atoms with E-state index in [0.717, 1.165) is 18.9 Å². The standard InChI is InChI=1S/C11H12F3N/c1-6(7-2-3-7)15-9-5-4-8(12)10(13)11(9)14/h4-7,15H,2-3H2,1H3. The molecule has 0 bridgehead atoms. The fraction of sp³-hybridized carbons (Fsp3) is 0.455. The third-order valence-electron chi connectivity index (χ3n) is 2.75. The molecule has 1 N–H and O–H groups in total. The first kappa shape index (κ1) is 10.3. The van der Waals surface area contributed by atoms with Crippen molar-refractivity contribution in [3.05, 3.63) is 29.6 Å². The molecule has 4 heteroatoms. The maximum atomic E-state index is 13.2. The molecule has 1 aliphatic carbocycles. The Labute approximate surface area is 86.3 Å². The van der Waals surface area contributed by atoms with Gasteiger partial charge < -0.3 is 5.32 Å². The summed E-state index contributed by atoms with van der Waals surface area (Å²) in [5.41, 5.74) is 0.0355. The molecular formula is C11H12F3N. The van der Waals surface area contributed by atoms with Crippen LogP contribution in [0.3, 0.4) is 0 Å². The smallest absolute Gasteiger partial charge is 0.196 e. The van der Waals surface area contributed by atoms with Crippen LogP contribution in [0.4, 0.5) is 18.9 Å². The van der Waals surface area contributed by atoms with Crippen molar-refractivity contribution in [3.8, 4) is 0 Å². The first-order chi connectivity index (χ1) is 7.09. The second-order valence-corrected chi connectivity index (χ2v) is 3.99. The molecule has 1 aromatic rings. The summed E-state index contributed by atoms with van der Waals surface area (Å²) in [6.07, 6.45) is 2.22. The van der Waals surface area contributed by atoms with Gasteiger partial charge in [0.1, 0.15) is 0 Å². The van der Waals surface area contributed by atoms with Gasteiger partial charge in [-0.3, -0.25) is 0 Å². The molecule has 0 aromatic heterocycles. The van der Waals surface area contributed by atoms with E-state index in [4.69, 9.17) is 0 Å². The minimum atomic E-state index is -1.41. The monoisotopic (exact) mass is 215 g/mol. The highest BCUT2D eigenvalue weighted by Gasteiger charge is 2.28. The maximum Gasteiger partial charge on any atom is 0.196 e. The quantitative estimate of drug-likeness (QED) is 0.763. The van der Waals surface area contributed by atoms with Crippen LogP contribution in [0, 0.1) is 23.4 Å². The molecule has 1 aromatic carbocycles. The van der Waals surface area contributed by atoms with Crippen molar-refractivity contribution >= 4 is 5.69 Å². The lowest BCUT2D eigenvalue weighted by atomic mass is 10.2. The molecule has 82 valence electrons. The van der Waals surface area contributed by atoms with Gasteiger partial charge >= 0.3 is 0 Å². The topological polar surface area (TPSA) is 12.0 Å². The molecule has 1 fully saturated rings. The summed E-state index contributed by atoms with van der Waals surface area (Å²) in [6, 6.07) is 2.26. The van der Waals surface area contributed by atoms with Crippen LogP contribution >= 0.6 is 0 Å². The first-order valence-corrected chi connectivity index (χ1v) is 4.99. The lowest BCUT2D eigenvalue weighted by Gasteiger charge is -2.15. The largest absolute Gasteiger partial charge is 0.380 e. The Kier molecular flexibility index (Phi) is 2.59. The van der Waals surface area contributed by atoms with E-state index in [0.29, 0.717) is 5.92 Å². The van der Waals surface area contributed by atoms with Gasteiger partial charge in [0.15, 0.2) is 17.5 Å². The van der Waals surface area contributed by atoms with Gasteiger partial charge in [-0.2, -0.15) is 0 Å². The van der Waals surface area contributed by atoms with E-state index in [2.05, 4.69) is 5.32 Å². The van der Waals surface area contributed by atoms with Crippen LogP contribution in [0.5, 0.6) is 0 Å². The number of hydrogen-bond acceptors (Lipinski definition) is 1. The van der Waals surface area contributed by atoms with Gasteiger partial charge in [-0.15, -0.1) is 0 Å². The number of halogens is 3. The Balaban J connectivity index is 2.17. The summed E-state index contributed by atoms with van der Waals surface area (Å²) in [6.45, 7) is 1.92. The highest BCUT2D eigenvalue weighted by atomic mass is 19.2. The van der Waals surface area contributed by atoms with Crippen molar-refractivity contribution in [1.29, 1.82) is 0 Å². The van der Waals surface area contributed by atoms with Crippen molar-refractivity contribution < 1.29 is 13.2 Å². The molecule has 1 aliphatic rings. The number of benzene rings is 1. The van der Waals surface area contributed by atoms with E-state index < -0.39 is 17.5 Å². The van der Waals surface area contributed by atoms with Crippen LogP contribution in [0.1, 0.15) is 19.8 Å². The van der Waals surface area contributed by atoms with Crippen molar-refractivity contribution in [2.24, 2.45) is 5.92 Å². The summed E-state index contributed by atoms with van der Waals surface area (Å²) in [5.74, 6) is -3.18. The molecule has 1 nitrogen and oxygen atoms in total. The number of rotatable bonds is 3. The van der Waals surface area contributed by atoms with Gasteiger partial charge in [0.05, 0.1) is 5.69 Å². The average molecular weight is 215 g/mol. The SMILES string of the molecule is CC(Nc1ccc(F)c(F)c1F)C1CC1. The molecular weight excluding hydrogens is 203 g/mol. The van der Waals surface area contributed by atoms with Crippen LogP contribution < -0.4 is 5.32 Å². The zero-order valence-electron chi connectivity index (χ0n) is 8.36. The Morgan fingerprint density at radius 1 is 1.20 bits per heavy atom. The molecule has 0 heterocycles. The summed E-state index contributed by atoms with van der Waals surface area (Å²) >= 11 is 0. The minimum Gasteiger partial charge on any atom is -0.380 e. The number of nitrogens with one attached hydrogen (secondary N) is 1. The Morgan fingerprint density at radius 2 is 1.87 bits per heavy atom. The van der Waals surface area contributed by atoms with E-state index in [1.165, 1.54) is 6.07 Å². The van der Waals surface area contributed by atoms with Crippen LogP contribution in [-0.2, 0) is 0 Å². The molecule has 1 unspecified atom stereocenters. The Morgan fingerprint density at radius 3 is 2.47 bits per heavy atom. The van der Waals surface area contributed by atoms with Crippen molar-refractivity contribution in [1.82, 2.24) is 0 Å². The fourth-order valence-corrected chi connectivity index (χ4v) is 1.60. The van der Waals surface area contributed by atoms with E-state index in [1.54, 1.807) is 0 Å². The van der Waals surface area contributed by atoms with Gasteiger partial charge in [-0.25, -0.2) is 13.2 Å². The molecule has 0 amide bonds. The lowest BCUT2D eigenvalue weighted by Crippen LogP contribution is -2.18. The highest BCUT2D eigenvalue weighted by molar-refractivity contribution is 5.46. The van der Waals surface area contributed by atoms with E-state index in [9.17, 15) is 13.2 Å². The van der Waals surface area contributed by atoms with Crippen molar-refractivity contribution in [2.75, 3.05) is 5.32 Å². The average Bonchev–Trinajstić information content (AvgIpc) is 3.02. The third kappa shape index (κ3) is 2.08. The van der Waals surface area contributed by atoms with Crippen LogP contribution in [0.15, 0.2) is 12.1 Å². The zero-order chi connectivity index (χ0) is 11.0. The molecule has 0 spiro atoms. The van der Waals surface area contributed by atoms with E-state index in [1.807, 2.05) is 6.92 Å². The molecule has 1 saturated carbocycles. The van der Waals surface area contributed by atoms with Crippen molar-refractivity contribution in [2.45, 2.75) is 25.8 Å². The molecule has 15 heavy (non-hydrogen) atoms. The van der Waals surface area contributed by atoms with E-state index >= 15 is 0 Å². The molecule has 0 radical (unpaired) electrons. The second kappa shape index (κ2) is 3.76. The molecule has 1 atom stereocenters. The number of anilines is 1. The molecule has 0 saturated heterocycles. The van der Waals surface area contributed by atoms with Gasteiger partial charge in [-0.1, -0.05) is 0 Å². The van der Waals surface area contributed by atoms with Gasteiger partial charge in [-0.05, 0) is 37.8 Å². The summed E-state index contributed by atoms with van der Waals surface area (Å²) in [5, 5.41) is 2.86. The third-order valence-corrected chi connectivity index (χ3v) is 2.75. The Bertz CT molecular complexity index is 374. The lowest BCUT2D eigenvalue weighted by molar-refractivity contribution is 0.448. The van der Waals surface area contributed by atoms with Crippen LogP contribution in [-0.4, -0.2) is 6.04 Å². The molecule has 2 rings (SSSR count). The predicted molar refractivity (Wildman–Crippen MR) is 52.1 cm³/mol. The zero-order valence-corrected chi connectivity index (χ0v) is 8.36. The molecule has 0 aliphatic heterocycles. The van der Waals surface area contributed by atoms with E-state index in [-0.39, 0.29) is 11.7 Å².